The summed E-state index contributed by atoms with van der Waals surface area (Å²) >= 11 is 1.93. The van der Waals surface area contributed by atoms with Gasteiger partial charge in [0.1, 0.15) is 0 Å². The molecule has 2 nitrogen and oxygen atoms in total. The number of thioether (sulfide) groups is 1. The minimum Gasteiger partial charge on any atom is -0.201 e. The van der Waals surface area contributed by atoms with Gasteiger partial charge in [0.25, 0.3) is 0 Å². The first-order chi connectivity index (χ1) is 3.97. The maximum atomic E-state index is 3.99. The smallest absolute Gasteiger partial charge is 0.201 e. The number of hydrogen-bond acceptors (Lipinski definition) is 3. The second-order valence-corrected chi connectivity index (χ2v) is 2.79. The SMILES string of the molecule is C1=NC=C2CSC[N+]12. The Morgan fingerprint density at radius 3 is 3.62 bits per heavy atom. The Labute approximate surface area is 52.3 Å². The molecule has 0 saturated carbocycles. The van der Waals surface area contributed by atoms with Gasteiger partial charge in [0, 0.05) is 0 Å². The molecule has 2 aliphatic rings. The molecular formula is C5H6N2S+. The van der Waals surface area contributed by atoms with Crippen molar-refractivity contribution in [2.24, 2.45) is 4.99 Å². The van der Waals surface area contributed by atoms with Crippen LogP contribution >= 0.6 is 11.8 Å². The Bertz CT molecular complexity index is 162. The van der Waals surface area contributed by atoms with Crippen LogP contribution in [0, 0.1) is 0 Å². The Morgan fingerprint density at radius 2 is 2.75 bits per heavy atom. The molecule has 0 N–H and O–H groups in total. The molecule has 1 saturated heterocycles. The Morgan fingerprint density at radius 1 is 1.75 bits per heavy atom. The lowest BCUT2D eigenvalue weighted by molar-refractivity contribution is 0.846. The fourth-order valence-electron chi connectivity index (χ4n) is 0.833. The van der Waals surface area contributed by atoms with E-state index in [0.29, 0.717) is 0 Å². The topological polar surface area (TPSA) is 18.3 Å². The molecule has 41 valence electrons. The van der Waals surface area contributed by atoms with Gasteiger partial charge in [-0.3, -0.25) is 0 Å². The van der Waals surface area contributed by atoms with Gasteiger partial charge in [-0.1, -0.05) is 16.7 Å². The largest absolute Gasteiger partial charge is 0.245 e. The van der Waals surface area contributed by atoms with Crippen LogP contribution in [0.15, 0.2) is 16.9 Å². The maximum Gasteiger partial charge on any atom is 0.245 e. The first-order valence-corrected chi connectivity index (χ1v) is 3.69. The third-order valence-electron chi connectivity index (χ3n) is 1.28. The van der Waals surface area contributed by atoms with E-state index < -0.39 is 0 Å². The van der Waals surface area contributed by atoms with E-state index in [1.165, 1.54) is 5.70 Å². The van der Waals surface area contributed by atoms with Gasteiger partial charge in [-0.15, -0.1) is 0 Å². The molecule has 2 rings (SSSR count). The van der Waals surface area contributed by atoms with Crippen molar-refractivity contribution in [2.75, 3.05) is 11.6 Å². The number of rotatable bonds is 0. The van der Waals surface area contributed by atoms with Crippen LogP contribution in [0.4, 0.5) is 0 Å². The van der Waals surface area contributed by atoms with Gasteiger partial charge in [0.05, 0.1) is 12.0 Å². The van der Waals surface area contributed by atoms with E-state index in [2.05, 4.69) is 9.89 Å². The summed E-state index contributed by atoms with van der Waals surface area (Å²) in [7, 11) is 0. The van der Waals surface area contributed by atoms with Gasteiger partial charge in [0.15, 0.2) is 11.6 Å². The molecule has 2 aliphatic heterocycles. The molecule has 0 aliphatic carbocycles. The number of aliphatic imine (C=N–C) groups is 1. The van der Waals surface area contributed by atoms with E-state index in [1.54, 1.807) is 0 Å². The third-order valence-corrected chi connectivity index (χ3v) is 2.24. The minimum absolute atomic E-state index is 1.09. The summed E-state index contributed by atoms with van der Waals surface area (Å²) in [5, 5.41) is 0. The molecule has 0 aromatic rings. The normalized spacial score (nSPS) is 26.2. The lowest BCUT2D eigenvalue weighted by Gasteiger charge is -1.85. The van der Waals surface area contributed by atoms with Gasteiger partial charge in [0.2, 0.25) is 6.34 Å². The van der Waals surface area contributed by atoms with Crippen LogP contribution < -0.4 is 4.90 Å². The summed E-state index contributed by atoms with van der Waals surface area (Å²) in [5.74, 6) is 2.23. The second-order valence-electron chi connectivity index (χ2n) is 1.83. The van der Waals surface area contributed by atoms with Gasteiger partial charge >= 0.3 is 0 Å². The highest BCUT2D eigenvalue weighted by Crippen LogP contribution is 2.22. The van der Waals surface area contributed by atoms with E-state index in [0.717, 1.165) is 11.6 Å². The van der Waals surface area contributed by atoms with Crippen LogP contribution in [0.3, 0.4) is 0 Å². The van der Waals surface area contributed by atoms with Crippen molar-refractivity contribution in [2.45, 2.75) is 0 Å². The van der Waals surface area contributed by atoms with Crippen molar-refractivity contribution >= 4 is 18.1 Å². The summed E-state index contributed by atoms with van der Waals surface area (Å²) in [6.45, 7) is 0. The quantitative estimate of drug-likeness (QED) is 0.437. The van der Waals surface area contributed by atoms with Crippen molar-refractivity contribution in [3.63, 3.8) is 0 Å². The van der Waals surface area contributed by atoms with Gasteiger partial charge in [-0.05, 0) is 0 Å². The summed E-state index contributed by atoms with van der Waals surface area (Å²) in [6.07, 6.45) is 3.81. The number of hydrogen-bond donors (Lipinski definition) is 0. The molecule has 1 fully saturated rings. The second kappa shape index (κ2) is 1.60. The average molecular weight is 126 g/mol. The third kappa shape index (κ3) is 0.516. The van der Waals surface area contributed by atoms with Crippen LogP contribution in [0.25, 0.3) is 0 Å². The highest BCUT2D eigenvalue weighted by atomic mass is 32.2. The minimum atomic E-state index is 1.09. The zero-order valence-electron chi connectivity index (χ0n) is 4.37. The average Bonchev–Trinajstić information content (AvgIpc) is 2.15. The Balaban J connectivity index is 2.29. The predicted molar refractivity (Wildman–Crippen MR) is 36.0 cm³/mol. The van der Waals surface area contributed by atoms with Crippen molar-refractivity contribution in [3.8, 4) is 0 Å². The van der Waals surface area contributed by atoms with E-state index in [9.17, 15) is 0 Å². The Kier molecular flexibility index (Phi) is 0.917. The highest BCUT2D eigenvalue weighted by Gasteiger charge is 2.30. The standard InChI is InChI=1S/C5H6N2S/c1-5-2-8-4-7(5)3-6-1/h1,3H,2,4H2/q+1. The van der Waals surface area contributed by atoms with Crippen molar-refractivity contribution in [3.05, 3.63) is 11.9 Å². The summed E-state index contributed by atoms with van der Waals surface area (Å²) < 4.78 is 0. The molecule has 0 atom stereocenters. The summed E-state index contributed by atoms with van der Waals surface area (Å²) in [4.78, 5) is 6.16. The fourth-order valence-corrected chi connectivity index (χ4v) is 1.80. The molecule has 2 heterocycles. The monoisotopic (exact) mass is 126 g/mol. The van der Waals surface area contributed by atoms with Crippen molar-refractivity contribution in [1.82, 2.24) is 4.90 Å². The van der Waals surface area contributed by atoms with Gasteiger partial charge in [-0.2, -0.15) is 0 Å². The van der Waals surface area contributed by atoms with Crippen LogP contribution in [-0.4, -0.2) is 18.0 Å². The number of fused-ring (bicyclic) bond motifs is 1. The van der Waals surface area contributed by atoms with Crippen molar-refractivity contribution < 1.29 is 0 Å². The maximum absolute atomic E-state index is 3.99. The molecule has 8 heavy (non-hydrogen) atoms. The van der Waals surface area contributed by atoms with Crippen LogP contribution in [0.1, 0.15) is 0 Å². The van der Waals surface area contributed by atoms with E-state index >= 15 is 0 Å². The summed E-state index contributed by atoms with van der Waals surface area (Å²) in [5.41, 5.74) is 1.36. The van der Waals surface area contributed by atoms with E-state index in [1.807, 2.05) is 24.3 Å². The zero-order chi connectivity index (χ0) is 5.40. The first kappa shape index (κ1) is 4.58. The molecule has 0 unspecified atom stereocenters. The fraction of sp³-hybridized carbons (Fsp3) is 0.400. The molecular weight excluding hydrogens is 120 g/mol. The van der Waals surface area contributed by atoms with Crippen LogP contribution in [0.2, 0.25) is 0 Å². The molecule has 3 heteroatoms. The summed E-state index contributed by atoms with van der Waals surface area (Å²) in [6, 6.07) is 0. The Hall–Kier alpha value is -0.280. The first-order valence-electron chi connectivity index (χ1n) is 2.53. The lowest BCUT2D eigenvalue weighted by Crippen LogP contribution is -2.18. The predicted octanol–water partition coefficient (Wildman–Crippen LogP) is 0.714. The molecule has 1 radical (unpaired) electrons. The van der Waals surface area contributed by atoms with E-state index in [4.69, 9.17) is 0 Å². The molecule has 0 bridgehead atoms. The lowest BCUT2D eigenvalue weighted by atomic mass is 10.5. The molecule has 0 spiro atoms. The molecule has 0 aromatic carbocycles. The molecule has 0 aromatic heterocycles. The van der Waals surface area contributed by atoms with Gasteiger partial charge in [-0.25, -0.2) is 4.99 Å². The zero-order valence-corrected chi connectivity index (χ0v) is 5.19. The molecule has 0 amide bonds. The number of nitrogens with zero attached hydrogens (tertiary/aromatic N) is 2. The van der Waals surface area contributed by atoms with Gasteiger partial charge < -0.3 is 0 Å². The highest BCUT2D eigenvalue weighted by molar-refractivity contribution is 7.99. The van der Waals surface area contributed by atoms with Crippen LogP contribution in [-0.2, 0) is 0 Å². The van der Waals surface area contributed by atoms with E-state index in [-0.39, 0.29) is 0 Å². The van der Waals surface area contributed by atoms with Crippen molar-refractivity contribution in [1.29, 1.82) is 0 Å². The van der Waals surface area contributed by atoms with Crippen LogP contribution in [0.5, 0.6) is 0 Å².